The summed E-state index contributed by atoms with van der Waals surface area (Å²) in [5, 5.41) is 11.0. The summed E-state index contributed by atoms with van der Waals surface area (Å²) in [6.45, 7) is 0. The van der Waals surface area contributed by atoms with Crippen molar-refractivity contribution in [1.29, 1.82) is 0 Å². The number of nitrogens with one attached hydrogen (secondary N) is 4. The van der Waals surface area contributed by atoms with E-state index in [0.29, 0.717) is 11.4 Å². The molecule has 5 aromatic rings. The summed E-state index contributed by atoms with van der Waals surface area (Å²) in [5.74, 6) is -2.06. The molecule has 0 heterocycles. The van der Waals surface area contributed by atoms with E-state index in [1.165, 1.54) is 24.3 Å². The molecule has 5 rings (SSSR count). The molecular weight excluding hydrogens is 576 g/mol. The highest BCUT2D eigenvalue weighted by atomic mass is 16.2. The lowest BCUT2D eigenvalue weighted by Gasteiger charge is -2.13. The maximum absolute atomic E-state index is 13.2. The van der Waals surface area contributed by atoms with Gasteiger partial charge in [0.2, 0.25) is 0 Å². The molecule has 0 bridgehead atoms. The van der Waals surface area contributed by atoms with E-state index in [4.69, 9.17) is 0 Å². The Balaban J connectivity index is 1.31. The molecule has 46 heavy (non-hydrogen) atoms. The van der Waals surface area contributed by atoms with Crippen LogP contribution < -0.4 is 21.3 Å². The van der Waals surface area contributed by atoms with Crippen LogP contribution in [0.3, 0.4) is 0 Å². The van der Waals surface area contributed by atoms with Gasteiger partial charge in [0.05, 0.1) is 0 Å². The first-order chi connectivity index (χ1) is 22.4. The van der Waals surface area contributed by atoms with Gasteiger partial charge in [-0.05, 0) is 71.8 Å². The van der Waals surface area contributed by atoms with Gasteiger partial charge in [-0.2, -0.15) is 0 Å². The molecule has 8 nitrogen and oxygen atoms in total. The number of benzene rings is 5. The lowest BCUT2D eigenvalue weighted by molar-refractivity contribution is -0.113. The normalized spacial score (nSPS) is 11.2. The van der Waals surface area contributed by atoms with E-state index >= 15 is 0 Å². The predicted molar refractivity (Wildman–Crippen MR) is 180 cm³/mol. The minimum absolute atomic E-state index is 0.0435. The standard InChI is InChI=1S/C38H30N4O4/c43-35(41-33(25-27-13-5-1-6-14-27)37(45)39-31-17-9-3-10-18-31)29-21-23-30(24-22-29)36(44)42-34(26-28-15-7-2-8-16-28)38(46)40-32-19-11-4-12-20-32/h1-26H,(H,39,45)(H,40,46)(H,41,43)(H,42,44)/b33-25+,34-26+. The second kappa shape index (κ2) is 15.3. The lowest BCUT2D eigenvalue weighted by atomic mass is 10.1. The first-order valence-corrected chi connectivity index (χ1v) is 14.4. The van der Waals surface area contributed by atoms with Gasteiger partial charge < -0.3 is 21.3 Å². The molecule has 0 saturated heterocycles. The van der Waals surface area contributed by atoms with Crippen molar-refractivity contribution in [2.45, 2.75) is 0 Å². The fourth-order valence-corrected chi connectivity index (χ4v) is 4.35. The molecule has 4 N–H and O–H groups in total. The number of carbonyl (C=O) groups excluding carboxylic acids is 4. The second-order valence-corrected chi connectivity index (χ2v) is 10.1. The topological polar surface area (TPSA) is 116 Å². The third-order valence-corrected chi connectivity index (χ3v) is 6.68. The van der Waals surface area contributed by atoms with E-state index < -0.39 is 23.6 Å². The minimum Gasteiger partial charge on any atom is -0.321 e. The number of carbonyl (C=O) groups is 4. The number of para-hydroxylation sites is 2. The first-order valence-electron chi connectivity index (χ1n) is 14.4. The van der Waals surface area contributed by atoms with Crippen LogP contribution in [0.1, 0.15) is 31.8 Å². The average molecular weight is 607 g/mol. The fraction of sp³-hybridized carbons (Fsp3) is 0. The second-order valence-electron chi connectivity index (χ2n) is 10.1. The van der Waals surface area contributed by atoms with Crippen molar-refractivity contribution in [2.24, 2.45) is 0 Å². The van der Waals surface area contributed by atoms with Crippen molar-refractivity contribution in [3.63, 3.8) is 0 Å². The van der Waals surface area contributed by atoms with Crippen molar-refractivity contribution in [2.75, 3.05) is 10.6 Å². The Labute approximate surface area is 266 Å². The highest BCUT2D eigenvalue weighted by Crippen LogP contribution is 2.14. The van der Waals surface area contributed by atoms with E-state index in [9.17, 15) is 19.2 Å². The summed E-state index contributed by atoms with van der Waals surface area (Å²) in [6, 6.07) is 42.0. The van der Waals surface area contributed by atoms with E-state index in [2.05, 4.69) is 21.3 Å². The number of amides is 4. The number of rotatable bonds is 10. The number of hydrogen-bond acceptors (Lipinski definition) is 4. The monoisotopic (exact) mass is 606 g/mol. The van der Waals surface area contributed by atoms with Crippen LogP contribution in [0.25, 0.3) is 12.2 Å². The quantitative estimate of drug-likeness (QED) is 0.136. The molecule has 0 aliphatic carbocycles. The van der Waals surface area contributed by atoms with Crippen molar-refractivity contribution in [1.82, 2.24) is 10.6 Å². The molecule has 8 heteroatoms. The van der Waals surface area contributed by atoms with Crippen LogP contribution in [0.15, 0.2) is 157 Å². The molecule has 0 unspecified atom stereocenters. The summed E-state index contributed by atoms with van der Waals surface area (Å²) in [4.78, 5) is 52.8. The lowest BCUT2D eigenvalue weighted by Crippen LogP contribution is -2.31. The molecule has 0 saturated carbocycles. The van der Waals surface area contributed by atoms with Gasteiger partial charge in [0.1, 0.15) is 11.4 Å². The molecule has 4 amide bonds. The molecule has 226 valence electrons. The maximum Gasteiger partial charge on any atom is 0.272 e. The molecule has 0 atom stereocenters. The van der Waals surface area contributed by atoms with Gasteiger partial charge >= 0.3 is 0 Å². The Bertz CT molecular complexity index is 1730. The smallest absolute Gasteiger partial charge is 0.272 e. The van der Waals surface area contributed by atoms with E-state index in [1.807, 2.05) is 72.8 Å². The van der Waals surface area contributed by atoms with Crippen LogP contribution in [0, 0.1) is 0 Å². The third-order valence-electron chi connectivity index (χ3n) is 6.68. The van der Waals surface area contributed by atoms with Crippen molar-refractivity contribution in [3.8, 4) is 0 Å². The molecule has 0 fully saturated rings. The first kappa shape index (κ1) is 30.9. The van der Waals surface area contributed by atoms with Crippen molar-refractivity contribution in [3.05, 3.63) is 179 Å². The summed E-state index contributed by atoms with van der Waals surface area (Å²) in [7, 11) is 0. The van der Waals surface area contributed by atoms with E-state index in [0.717, 1.165) is 11.1 Å². The summed E-state index contributed by atoms with van der Waals surface area (Å²) < 4.78 is 0. The van der Waals surface area contributed by atoms with Gasteiger partial charge in [0, 0.05) is 22.5 Å². The highest BCUT2D eigenvalue weighted by molar-refractivity contribution is 6.12. The molecule has 0 aliphatic rings. The summed E-state index contributed by atoms with van der Waals surface area (Å²) in [6.07, 6.45) is 3.16. The zero-order valence-electron chi connectivity index (χ0n) is 24.6. The van der Waals surface area contributed by atoms with Crippen LogP contribution in [-0.4, -0.2) is 23.6 Å². The van der Waals surface area contributed by atoms with Crippen LogP contribution >= 0.6 is 0 Å². The van der Waals surface area contributed by atoms with Gasteiger partial charge in [-0.1, -0.05) is 97.1 Å². The molecule has 0 spiro atoms. The Morgan fingerprint density at radius 1 is 0.391 bits per heavy atom. The highest BCUT2D eigenvalue weighted by Gasteiger charge is 2.18. The SMILES string of the molecule is O=C(Nc1ccccc1)/C(=C\c1ccccc1)NC(=O)c1ccc(C(=O)N/C(=C/c2ccccc2)C(=O)Nc2ccccc2)cc1. The Morgan fingerprint density at radius 2 is 0.696 bits per heavy atom. The predicted octanol–water partition coefficient (Wildman–Crippen LogP) is 6.51. The maximum atomic E-state index is 13.2. The molecule has 0 aromatic heterocycles. The minimum atomic E-state index is -0.538. The fourth-order valence-electron chi connectivity index (χ4n) is 4.35. The van der Waals surface area contributed by atoms with E-state index in [-0.39, 0.29) is 22.5 Å². The average Bonchev–Trinajstić information content (AvgIpc) is 3.09. The van der Waals surface area contributed by atoms with Crippen LogP contribution in [0.4, 0.5) is 11.4 Å². The van der Waals surface area contributed by atoms with Crippen LogP contribution in [-0.2, 0) is 9.59 Å². The van der Waals surface area contributed by atoms with Gasteiger partial charge in [-0.25, -0.2) is 0 Å². The molecular formula is C38H30N4O4. The molecule has 5 aromatic carbocycles. The summed E-state index contributed by atoms with van der Waals surface area (Å²) >= 11 is 0. The Morgan fingerprint density at radius 3 is 1.02 bits per heavy atom. The molecule has 0 radical (unpaired) electrons. The zero-order chi connectivity index (χ0) is 32.1. The Kier molecular flexibility index (Phi) is 10.3. The van der Waals surface area contributed by atoms with Crippen molar-refractivity contribution < 1.29 is 19.2 Å². The number of hydrogen-bond donors (Lipinski definition) is 4. The largest absolute Gasteiger partial charge is 0.321 e. The van der Waals surface area contributed by atoms with Crippen LogP contribution in [0.5, 0.6) is 0 Å². The van der Waals surface area contributed by atoms with E-state index in [1.54, 1.807) is 60.7 Å². The van der Waals surface area contributed by atoms with Crippen LogP contribution in [0.2, 0.25) is 0 Å². The zero-order valence-corrected chi connectivity index (χ0v) is 24.6. The van der Waals surface area contributed by atoms with Crippen molar-refractivity contribution >= 4 is 47.2 Å². The molecule has 0 aliphatic heterocycles. The van der Waals surface area contributed by atoms with Gasteiger partial charge in [-0.3, -0.25) is 19.2 Å². The van der Waals surface area contributed by atoms with Gasteiger partial charge in [-0.15, -0.1) is 0 Å². The van der Waals surface area contributed by atoms with Gasteiger partial charge in [0.25, 0.3) is 23.6 Å². The Hall–Kier alpha value is -6.54. The summed E-state index contributed by atoms with van der Waals surface area (Å²) in [5.41, 5.74) is 3.15. The van der Waals surface area contributed by atoms with Gasteiger partial charge in [0.15, 0.2) is 0 Å². The third kappa shape index (κ3) is 8.75. The number of anilines is 2.